The van der Waals surface area contributed by atoms with Crippen LogP contribution in [0.4, 0.5) is 11.5 Å². The summed E-state index contributed by atoms with van der Waals surface area (Å²) in [5.41, 5.74) is 0.913. The van der Waals surface area contributed by atoms with Crippen molar-refractivity contribution in [3.8, 4) is 0 Å². The molecule has 1 saturated heterocycles. The molecule has 0 bridgehead atoms. The first-order valence-corrected chi connectivity index (χ1v) is 6.72. The molecule has 6 heteroatoms. The number of benzene rings is 1. The fraction of sp³-hybridized carbons (Fsp3) is 0.214. The van der Waals surface area contributed by atoms with Crippen LogP contribution in [0, 0.1) is 0 Å². The lowest BCUT2D eigenvalue weighted by atomic mass is 10.2. The Bertz CT molecular complexity index is 620. The van der Waals surface area contributed by atoms with Gasteiger partial charge in [-0.15, -0.1) is 0 Å². The van der Waals surface area contributed by atoms with Crippen LogP contribution in [0.25, 0.3) is 0 Å². The van der Waals surface area contributed by atoms with Crippen LogP contribution in [0.15, 0.2) is 42.9 Å². The molecule has 1 amide bonds. The van der Waals surface area contributed by atoms with Crippen molar-refractivity contribution in [2.75, 3.05) is 16.8 Å². The van der Waals surface area contributed by atoms with E-state index in [2.05, 4.69) is 15.3 Å². The molecule has 0 aliphatic carbocycles. The van der Waals surface area contributed by atoms with Gasteiger partial charge in [-0.05, 0) is 18.6 Å². The van der Waals surface area contributed by atoms with Crippen molar-refractivity contribution in [1.82, 2.24) is 9.97 Å². The highest BCUT2D eigenvalue weighted by atomic mass is 35.5. The Balaban J connectivity index is 1.75. The molecule has 1 unspecified atom stereocenters. The lowest BCUT2D eigenvalue weighted by Gasteiger charge is -2.17. The highest BCUT2D eigenvalue weighted by Crippen LogP contribution is 2.25. The molecular weight excluding hydrogens is 276 g/mol. The molecule has 0 saturated carbocycles. The molecule has 1 atom stereocenters. The van der Waals surface area contributed by atoms with Crippen molar-refractivity contribution >= 4 is 29.0 Å². The predicted octanol–water partition coefficient (Wildman–Crippen LogP) is 2.35. The van der Waals surface area contributed by atoms with Gasteiger partial charge in [0.1, 0.15) is 23.2 Å². The molecule has 1 aromatic heterocycles. The van der Waals surface area contributed by atoms with Crippen LogP contribution in [0.1, 0.15) is 6.42 Å². The number of aromatic nitrogens is 2. The molecule has 2 heterocycles. The highest BCUT2D eigenvalue weighted by Gasteiger charge is 2.32. The maximum atomic E-state index is 12.4. The van der Waals surface area contributed by atoms with E-state index in [1.165, 1.54) is 12.5 Å². The first-order chi connectivity index (χ1) is 9.75. The Morgan fingerprint density at radius 2 is 2.10 bits per heavy atom. The van der Waals surface area contributed by atoms with Crippen LogP contribution >= 0.6 is 11.6 Å². The maximum absolute atomic E-state index is 12.4. The van der Waals surface area contributed by atoms with Crippen molar-refractivity contribution in [2.24, 2.45) is 0 Å². The third-order valence-corrected chi connectivity index (χ3v) is 3.53. The fourth-order valence-electron chi connectivity index (χ4n) is 2.26. The number of carbonyl (C=O) groups is 1. The second kappa shape index (κ2) is 5.46. The quantitative estimate of drug-likeness (QED) is 0.942. The van der Waals surface area contributed by atoms with Crippen LogP contribution in [-0.2, 0) is 4.79 Å². The highest BCUT2D eigenvalue weighted by molar-refractivity contribution is 6.32. The lowest BCUT2D eigenvalue weighted by Crippen LogP contribution is -2.33. The number of halogens is 1. The summed E-state index contributed by atoms with van der Waals surface area (Å²) in [4.78, 5) is 22.0. The van der Waals surface area contributed by atoms with Crippen LogP contribution in [0.5, 0.6) is 0 Å². The maximum Gasteiger partial charge on any atom is 0.249 e. The second-order valence-corrected chi connectivity index (χ2v) is 4.94. The SMILES string of the molecule is O=C1C(Nc2ncncc2Cl)CCN1c1ccccc1. The van der Waals surface area contributed by atoms with Crippen LogP contribution in [0.3, 0.4) is 0 Å². The monoisotopic (exact) mass is 288 g/mol. The Morgan fingerprint density at radius 3 is 2.85 bits per heavy atom. The fourth-order valence-corrected chi connectivity index (χ4v) is 2.42. The summed E-state index contributed by atoms with van der Waals surface area (Å²) in [6.45, 7) is 0.684. The minimum atomic E-state index is -0.303. The third kappa shape index (κ3) is 2.44. The first-order valence-electron chi connectivity index (χ1n) is 6.34. The van der Waals surface area contributed by atoms with Gasteiger partial charge in [0.15, 0.2) is 0 Å². The van der Waals surface area contributed by atoms with Gasteiger partial charge in [0.25, 0.3) is 0 Å². The number of hydrogen-bond donors (Lipinski definition) is 1. The van der Waals surface area contributed by atoms with Crippen LogP contribution in [-0.4, -0.2) is 28.5 Å². The number of nitrogens with zero attached hydrogens (tertiary/aromatic N) is 3. The van der Waals surface area contributed by atoms with Crippen molar-refractivity contribution in [1.29, 1.82) is 0 Å². The number of para-hydroxylation sites is 1. The van der Waals surface area contributed by atoms with E-state index in [0.717, 1.165) is 5.69 Å². The Labute approximate surface area is 121 Å². The normalized spacial score (nSPS) is 18.4. The molecule has 20 heavy (non-hydrogen) atoms. The van der Waals surface area contributed by atoms with E-state index in [4.69, 9.17) is 11.6 Å². The number of nitrogens with one attached hydrogen (secondary N) is 1. The minimum absolute atomic E-state index is 0.0332. The molecule has 0 radical (unpaired) electrons. The Morgan fingerprint density at radius 1 is 1.30 bits per heavy atom. The van der Waals surface area contributed by atoms with E-state index in [9.17, 15) is 4.79 Å². The van der Waals surface area contributed by atoms with Gasteiger partial charge >= 0.3 is 0 Å². The number of amides is 1. The molecule has 1 aliphatic heterocycles. The molecule has 1 N–H and O–H groups in total. The molecular formula is C14H13ClN4O. The van der Waals surface area contributed by atoms with Crippen molar-refractivity contribution in [2.45, 2.75) is 12.5 Å². The summed E-state index contributed by atoms with van der Waals surface area (Å²) in [6, 6.07) is 9.33. The van der Waals surface area contributed by atoms with Gasteiger partial charge < -0.3 is 10.2 Å². The van der Waals surface area contributed by atoms with E-state index in [-0.39, 0.29) is 11.9 Å². The van der Waals surface area contributed by atoms with Gasteiger partial charge in [0, 0.05) is 12.2 Å². The summed E-state index contributed by atoms with van der Waals surface area (Å²) in [5.74, 6) is 0.529. The standard InChI is InChI=1S/C14H13ClN4O/c15-11-8-16-9-17-13(11)18-12-6-7-19(14(12)20)10-4-2-1-3-5-10/h1-5,8-9,12H,6-7H2,(H,16,17,18). The zero-order valence-electron chi connectivity index (χ0n) is 10.7. The largest absolute Gasteiger partial charge is 0.357 e. The van der Waals surface area contributed by atoms with Gasteiger partial charge in [-0.1, -0.05) is 29.8 Å². The molecule has 3 rings (SSSR count). The number of carbonyl (C=O) groups excluding carboxylic acids is 1. The summed E-state index contributed by atoms with van der Waals surface area (Å²) in [7, 11) is 0. The summed E-state index contributed by atoms with van der Waals surface area (Å²) in [6.07, 6.45) is 3.63. The van der Waals surface area contributed by atoms with Gasteiger partial charge in [-0.25, -0.2) is 9.97 Å². The average Bonchev–Trinajstić information content (AvgIpc) is 2.84. The minimum Gasteiger partial charge on any atom is -0.357 e. The molecule has 102 valence electrons. The van der Waals surface area contributed by atoms with Crippen molar-refractivity contribution in [3.63, 3.8) is 0 Å². The second-order valence-electron chi connectivity index (χ2n) is 4.53. The smallest absolute Gasteiger partial charge is 0.249 e. The number of rotatable bonds is 3. The molecule has 1 aromatic carbocycles. The van der Waals surface area contributed by atoms with Gasteiger partial charge in [-0.2, -0.15) is 0 Å². The zero-order chi connectivity index (χ0) is 13.9. The summed E-state index contributed by atoms with van der Waals surface area (Å²) < 4.78 is 0. The first kappa shape index (κ1) is 12.9. The average molecular weight is 289 g/mol. The molecule has 2 aromatic rings. The third-order valence-electron chi connectivity index (χ3n) is 3.25. The van der Waals surface area contributed by atoms with Crippen molar-refractivity contribution in [3.05, 3.63) is 47.9 Å². The van der Waals surface area contributed by atoms with E-state index in [1.807, 2.05) is 30.3 Å². The zero-order valence-corrected chi connectivity index (χ0v) is 11.4. The number of hydrogen-bond acceptors (Lipinski definition) is 4. The Hall–Kier alpha value is -2.14. The van der Waals surface area contributed by atoms with E-state index in [1.54, 1.807) is 4.90 Å². The van der Waals surface area contributed by atoms with Crippen LogP contribution in [0.2, 0.25) is 5.02 Å². The van der Waals surface area contributed by atoms with E-state index < -0.39 is 0 Å². The van der Waals surface area contributed by atoms with Crippen molar-refractivity contribution < 1.29 is 4.79 Å². The topological polar surface area (TPSA) is 58.1 Å². The predicted molar refractivity (Wildman–Crippen MR) is 77.9 cm³/mol. The lowest BCUT2D eigenvalue weighted by molar-refractivity contribution is -0.117. The van der Waals surface area contributed by atoms with E-state index >= 15 is 0 Å². The Kier molecular flexibility index (Phi) is 3.52. The number of anilines is 2. The van der Waals surface area contributed by atoms with Gasteiger partial charge in [0.05, 0.1) is 6.20 Å². The summed E-state index contributed by atoms with van der Waals surface area (Å²) in [5, 5.41) is 3.50. The molecule has 1 fully saturated rings. The molecule has 5 nitrogen and oxygen atoms in total. The van der Waals surface area contributed by atoms with Gasteiger partial charge in [-0.3, -0.25) is 4.79 Å². The van der Waals surface area contributed by atoms with E-state index in [0.29, 0.717) is 23.8 Å². The van der Waals surface area contributed by atoms with Crippen LogP contribution < -0.4 is 10.2 Å². The summed E-state index contributed by atoms with van der Waals surface area (Å²) >= 11 is 5.99. The van der Waals surface area contributed by atoms with Gasteiger partial charge in [0.2, 0.25) is 5.91 Å². The molecule has 0 spiro atoms. The molecule has 1 aliphatic rings.